The predicted octanol–water partition coefficient (Wildman–Crippen LogP) is 2.58. The van der Waals surface area contributed by atoms with E-state index in [1.54, 1.807) is 0 Å². The van der Waals surface area contributed by atoms with Gasteiger partial charge in [0.15, 0.2) is 0 Å². The van der Waals surface area contributed by atoms with Gasteiger partial charge in [-0.05, 0) is 30.3 Å². The Hall–Kier alpha value is -1.57. The lowest BCUT2D eigenvalue weighted by Crippen LogP contribution is -2.13. The zero-order valence-corrected chi connectivity index (χ0v) is 8.27. The van der Waals surface area contributed by atoms with Crippen molar-refractivity contribution in [3.05, 3.63) is 54.1 Å². The Bertz CT molecular complexity index is 352. The average Bonchev–Trinajstić information content (AvgIpc) is 2.30. The van der Waals surface area contributed by atoms with Crippen molar-refractivity contribution in [2.75, 3.05) is 0 Å². The van der Waals surface area contributed by atoms with Crippen LogP contribution in [-0.4, -0.2) is 4.98 Å². The summed E-state index contributed by atoms with van der Waals surface area (Å²) in [5.74, 6) is 0.419. The highest BCUT2D eigenvalue weighted by molar-refractivity contribution is 5.27. The summed E-state index contributed by atoms with van der Waals surface area (Å²) in [6, 6.07) is 4.12. The fraction of sp³-hybridized carbons (Fsp3) is 0.250. The number of nitrogens with zero attached hydrogens (tertiary/aromatic N) is 1. The van der Waals surface area contributed by atoms with Crippen molar-refractivity contribution >= 4 is 0 Å². The maximum Gasteiger partial charge on any atom is 0.0270 e. The van der Waals surface area contributed by atoms with Gasteiger partial charge in [-0.2, -0.15) is 0 Å². The van der Waals surface area contributed by atoms with Gasteiger partial charge in [0.2, 0.25) is 0 Å². The van der Waals surface area contributed by atoms with Gasteiger partial charge in [0.25, 0.3) is 0 Å². The predicted molar refractivity (Wildman–Crippen MR) is 57.6 cm³/mol. The molecule has 0 bridgehead atoms. The third-order valence-electron chi connectivity index (χ3n) is 2.51. The van der Waals surface area contributed by atoms with E-state index in [0.717, 1.165) is 6.42 Å². The molecule has 1 unspecified atom stereocenters. The number of rotatable bonds is 2. The molecule has 1 aromatic heterocycles. The van der Waals surface area contributed by atoms with E-state index < -0.39 is 0 Å². The summed E-state index contributed by atoms with van der Waals surface area (Å²) in [5, 5.41) is 3.28. The summed E-state index contributed by atoms with van der Waals surface area (Å²) in [4.78, 5) is 4.02. The molecule has 0 spiro atoms. The first-order valence-corrected chi connectivity index (χ1v) is 4.89. The van der Waals surface area contributed by atoms with E-state index in [0.29, 0.717) is 5.92 Å². The summed E-state index contributed by atoms with van der Waals surface area (Å²) in [7, 11) is 0. The molecule has 0 amide bonds. The van der Waals surface area contributed by atoms with Gasteiger partial charge in [-0.3, -0.25) is 4.98 Å². The van der Waals surface area contributed by atoms with Crippen molar-refractivity contribution in [2.24, 2.45) is 0 Å². The van der Waals surface area contributed by atoms with E-state index in [-0.39, 0.29) is 0 Å². The second kappa shape index (κ2) is 4.09. The van der Waals surface area contributed by atoms with Crippen molar-refractivity contribution in [1.29, 1.82) is 0 Å². The molecular formula is C12H14N2. The standard InChI is InChI=1S/C12H14N2/c1-10(11-5-8-13-9-6-11)12-4-2-3-7-14-12/h3-10,14H,2H2,1H3. The van der Waals surface area contributed by atoms with Crippen LogP contribution in [0.25, 0.3) is 0 Å². The van der Waals surface area contributed by atoms with Gasteiger partial charge in [0.05, 0.1) is 0 Å². The van der Waals surface area contributed by atoms with Crippen LogP contribution in [0.2, 0.25) is 0 Å². The molecule has 1 aliphatic rings. The third kappa shape index (κ3) is 1.84. The molecule has 0 fully saturated rings. The van der Waals surface area contributed by atoms with Crippen LogP contribution in [0.1, 0.15) is 24.8 Å². The van der Waals surface area contributed by atoms with Crippen LogP contribution in [0, 0.1) is 0 Å². The Morgan fingerprint density at radius 1 is 1.36 bits per heavy atom. The number of aromatic nitrogens is 1. The fourth-order valence-corrected chi connectivity index (χ4v) is 1.61. The number of pyridine rings is 1. The molecule has 1 aromatic rings. The Kier molecular flexibility index (Phi) is 2.63. The monoisotopic (exact) mass is 186 g/mol. The van der Waals surface area contributed by atoms with Crippen LogP contribution in [0.4, 0.5) is 0 Å². The fourth-order valence-electron chi connectivity index (χ4n) is 1.61. The number of hydrogen-bond acceptors (Lipinski definition) is 2. The Labute approximate surface area is 84.4 Å². The van der Waals surface area contributed by atoms with Crippen molar-refractivity contribution in [2.45, 2.75) is 19.3 Å². The number of hydrogen-bond donors (Lipinski definition) is 1. The minimum Gasteiger partial charge on any atom is -0.365 e. The molecule has 0 aromatic carbocycles. The van der Waals surface area contributed by atoms with Crippen molar-refractivity contribution in [3.8, 4) is 0 Å². The third-order valence-corrected chi connectivity index (χ3v) is 2.51. The summed E-state index contributed by atoms with van der Waals surface area (Å²) in [6.07, 6.45) is 11.1. The quantitative estimate of drug-likeness (QED) is 0.767. The van der Waals surface area contributed by atoms with E-state index in [2.05, 4.69) is 41.5 Å². The maximum absolute atomic E-state index is 4.02. The lowest BCUT2D eigenvalue weighted by molar-refractivity contribution is 0.795. The lowest BCUT2D eigenvalue weighted by Gasteiger charge is -2.18. The molecule has 0 saturated heterocycles. The van der Waals surface area contributed by atoms with Gasteiger partial charge >= 0.3 is 0 Å². The molecule has 1 aliphatic heterocycles. The molecule has 1 N–H and O–H groups in total. The van der Waals surface area contributed by atoms with Gasteiger partial charge in [-0.1, -0.05) is 19.1 Å². The lowest BCUT2D eigenvalue weighted by atomic mass is 9.97. The van der Waals surface area contributed by atoms with E-state index in [4.69, 9.17) is 0 Å². The number of nitrogens with one attached hydrogen (secondary N) is 1. The van der Waals surface area contributed by atoms with E-state index in [9.17, 15) is 0 Å². The van der Waals surface area contributed by atoms with Crippen LogP contribution in [0.3, 0.4) is 0 Å². The molecule has 0 aliphatic carbocycles. The maximum atomic E-state index is 4.02. The molecule has 2 rings (SSSR count). The normalized spacial score (nSPS) is 17.1. The summed E-state index contributed by atoms with van der Waals surface area (Å²) >= 11 is 0. The van der Waals surface area contributed by atoms with Crippen LogP contribution in [-0.2, 0) is 0 Å². The molecule has 2 nitrogen and oxygen atoms in total. The van der Waals surface area contributed by atoms with Crippen LogP contribution in [0.5, 0.6) is 0 Å². The van der Waals surface area contributed by atoms with Crippen LogP contribution >= 0.6 is 0 Å². The second-order valence-corrected chi connectivity index (χ2v) is 3.44. The van der Waals surface area contributed by atoms with Gasteiger partial charge in [0.1, 0.15) is 0 Å². The molecule has 1 atom stereocenters. The summed E-state index contributed by atoms with van der Waals surface area (Å²) in [5.41, 5.74) is 2.58. The first-order valence-electron chi connectivity index (χ1n) is 4.89. The number of dihydropyridines is 1. The molecule has 0 saturated carbocycles. The summed E-state index contributed by atoms with van der Waals surface area (Å²) < 4.78 is 0. The highest BCUT2D eigenvalue weighted by atomic mass is 14.9. The topological polar surface area (TPSA) is 24.9 Å². The molecule has 2 heterocycles. The first kappa shape index (κ1) is 9.00. The van der Waals surface area contributed by atoms with E-state index >= 15 is 0 Å². The molecule has 2 heteroatoms. The van der Waals surface area contributed by atoms with Gasteiger partial charge in [0, 0.05) is 24.0 Å². The summed E-state index contributed by atoms with van der Waals surface area (Å²) in [6.45, 7) is 2.20. The Morgan fingerprint density at radius 2 is 2.14 bits per heavy atom. The number of allylic oxidation sites excluding steroid dienone is 3. The van der Waals surface area contributed by atoms with Crippen LogP contribution < -0.4 is 5.32 Å². The molecule has 72 valence electrons. The molecule has 0 radical (unpaired) electrons. The minimum absolute atomic E-state index is 0.419. The Morgan fingerprint density at radius 3 is 2.79 bits per heavy atom. The zero-order chi connectivity index (χ0) is 9.80. The Balaban J connectivity index is 2.16. The van der Waals surface area contributed by atoms with Gasteiger partial charge < -0.3 is 5.32 Å². The minimum atomic E-state index is 0.419. The van der Waals surface area contributed by atoms with Gasteiger partial charge in [-0.15, -0.1) is 0 Å². The second-order valence-electron chi connectivity index (χ2n) is 3.44. The highest BCUT2D eigenvalue weighted by Gasteiger charge is 2.10. The zero-order valence-electron chi connectivity index (χ0n) is 8.27. The average molecular weight is 186 g/mol. The van der Waals surface area contributed by atoms with Crippen molar-refractivity contribution in [3.63, 3.8) is 0 Å². The first-order chi connectivity index (χ1) is 6.88. The van der Waals surface area contributed by atoms with E-state index in [1.807, 2.05) is 18.6 Å². The van der Waals surface area contributed by atoms with Crippen molar-refractivity contribution < 1.29 is 0 Å². The smallest absolute Gasteiger partial charge is 0.0270 e. The van der Waals surface area contributed by atoms with Crippen LogP contribution in [0.15, 0.2) is 48.6 Å². The highest BCUT2D eigenvalue weighted by Crippen LogP contribution is 2.22. The largest absolute Gasteiger partial charge is 0.365 e. The molecule has 14 heavy (non-hydrogen) atoms. The SMILES string of the molecule is CC(C1=CCC=CN1)c1ccncc1. The molecular weight excluding hydrogens is 172 g/mol. The van der Waals surface area contributed by atoms with E-state index in [1.165, 1.54) is 11.3 Å². The van der Waals surface area contributed by atoms with Gasteiger partial charge in [-0.25, -0.2) is 0 Å². The van der Waals surface area contributed by atoms with Crippen molar-refractivity contribution in [1.82, 2.24) is 10.3 Å².